The van der Waals surface area contributed by atoms with Crippen molar-refractivity contribution >= 4 is 11.7 Å². The maximum absolute atomic E-state index is 14.4. The Labute approximate surface area is 196 Å². The molecular weight excluding hydrogens is 436 g/mol. The van der Waals surface area contributed by atoms with Gasteiger partial charge in [-0.3, -0.25) is 4.90 Å². The van der Waals surface area contributed by atoms with Crippen LogP contribution in [0.3, 0.4) is 0 Å². The second-order valence-corrected chi connectivity index (χ2v) is 8.96. The van der Waals surface area contributed by atoms with Gasteiger partial charge in [0.15, 0.2) is 0 Å². The van der Waals surface area contributed by atoms with Gasteiger partial charge in [-0.1, -0.05) is 60.7 Å². The minimum atomic E-state index is -0.597. The Kier molecular flexibility index (Phi) is 5.18. The van der Waals surface area contributed by atoms with Gasteiger partial charge in [0.2, 0.25) is 0 Å². The number of hydrogen-bond donors (Lipinski definition) is 0. The minimum Gasteiger partial charge on any atom is -0.448 e. The van der Waals surface area contributed by atoms with Crippen molar-refractivity contribution in [3.05, 3.63) is 101 Å². The van der Waals surface area contributed by atoms with Gasteiger partial charge in [-0.2, -0.15) is 0 Å². The lowest BCUT2D eigenvalue weighted by molar-refractivity contribution is -0.0332. The molecule has 1 aliphatic carbocycles. The van der Waals surface area contributed by atoms with Gasteiger partial charge in [-0.15, -0.1) is 0 Å². The molecule has 0 radical (unpaired) electrons. The molecule has 2 unspecified atom stereocenters. The quantitative estimate of drug-likeness (QED) is 0.499. The SMILES string of the molecule is O=C(OCC1c2ccccc2-c2ccccc21)N1C2C=C(c3c(F)cccc3F)CC1COC2. The van der Waals surface area contributed by atoms with E-state index in [1.54, 1.807) is 11.0 Å². The summed E-state index contributed by atoms with van der Waals surface area (Å²) in [6, 6.07) is 19.5. The maximum Gasteiger partial charge on any atom is 0.410 e. The monoisotopic (exact) mass is 459 g/mol. The van der Waals surface area contributed by atoms with Crippen LogP contribution in [-0.4, -0.2) is 42.9 Å². The molecule has 0 aromatic heterocycles. The zero-order chi connectivity index (χ0) is 23.2. The molecule has 3 aromatic carbocycles. The van der Waals surface area contributed by atoms with Gasteiger partial charge in [0.05, 0.1) is 25.3 Å². The number of morpholine rings is 1. The number of fused-ring (bicyclic) bond motifs is 5. The molecule has 1 saturated heterocycles. The average Bonchev–Trinajstić information content (AvgIpc) is 3.15. The van der Waals surface area contributed by atoms with E-state index in [1.807, 2.05) is 24.3 Å². The van der Waals surface area contributed by atoms with Crippen LogP contribution in [0.1, 0.15) is 29.0 Å². The van der Waals surface area contributed by atoms with Crippen LogP contribution in [0.4, 0.5) is 13.6 Å². The summed E-state index contributed by atoms with van der Waals surface area (Å²) < 4.78 is 40.3. The summed E-state index contributed by atoms with van der Waals surface area (Å²) in [4.78, 5) is 14.9. The third kappa shape index (κ3) is 3.41. The van der Waals surface area contributed by atoms with Crippen LogP contribution in [-0.2, 0) is 9.47 Å². The lowest BCUT2D eigenvalue weighted by Crippen LogP contribution is -2.56. The van der Waals surface area contributed by atoms with Gasteiger partial charge < -0.3 is 9.47 Å². The molecule has 4 nitrogen and oxygen atoms in total. The normalized spacial score (nSPS) is 21.0. The summed E-state index contributed by atoms with van der Waals surface area (Å²) in [5, 5.41) is 0. The second-order valence-electron chi connectivity index (χ2n) is 8.96. The number of halogens is 2. The third-order valence-electron chi connectivity index (χ3n) is 7.03. The Bertz CT molecular complexity index is 1240. The van der Waals surface area contributed by atoms with Crippen molar-refractivity contribution in [2.75, 3.05) is 19.8 Å². The highest BCUT2D eigenvalue weighted by molar-refractivity contribution is 5.79. The number of nitrogens with zero attached hydrogens (tertiary/aromatic N) is 1. The van der Waals surface area contributed by atoms with Crippen molar-refractivity contribution in [2.24, 2.45) is 0 Å². The molecule has 3 aromatic rings. The molecule has 0 spiro atoms. The number of rotatable bonds is 3. The Morgan fingerprint density at radius 2 is 1.56 bits per heavy atom. The van der Waals surface area contributed by atoms with Crippen LogP contribution < -0.4 is 0 Å². The molecule has 0 N–H and O–H groups in total. The maximum atomic E-state index is 14.4. The lowest BCUT2D eigenvalue weighted by atomic mass is 9.89. The standard InChI is InChI=1S/C28H23F2NO3/c29-25-10-5-11-26(30)27(25)17-12-18-14-33-15-19(13-17)31(18)28(32)34-16-24-22-8-3-1-6-20(22)21-7-2-4-9-23(21)24/h1-12,18-19,24H,13-16H2. The van der Waals surface area contributed by atoms with Crippen molar-refractivity contribution in [1.82, 2.24) is 4.90 Å². The van der Waals surface area contributed by atoms with E-state index in [2.05, 4.69) is 24.3 Å². The average molecular weight is 459 g/mol. The number of benzene rings is 3. The van der Waals surface area contributed by atoms with Crippen LogP contribution in [0, 0.1) is 11.6 Å². The fourth-order valence-electron chi connectivity index (χ4n) is 5.54. The van der Waals surface area contributed by atoms with Gasteiger partial charge >= 0.3 is 6.09 Å². The zero-order valence-corrected chi connectivity index (χ0v) is 18.4. The molecule has 3 aliphatic rings. The molecule has 34 heavy (non-hydrogen) atoms. The molecule has 6 rings (SSSR count). The first-order valence-electron chi connectivity index (χ1n) is 11.5. The van der Waals surface area contributed by atoms with Crippen LogP contribution in [0.5, 0.6) is 0 Å². The molecule has 172 valence electrons. The predicted molar refractivity (Wildman–Crippen MR) is 124 cm³/mol. The summed E-state index contributed by atoms with van der Waals surface area (Å²) in [5.41, 5.74) is 5.18. The van der Waals surface area contributed by atoms with Crippen molar-refractivity contribution in [2.45, 2.75) is 24.4 Å². The zero-order valence-electron chi connectivity index (χ0n) is 18.4. The van der Waals surface area contributed by atoms with Gasteiger partial charge in [-0.05, 0) is 46.4 Å². The molecule has 2 bridgehead atoms. The van der Waals surface area contributed by atoms with E-state index < -0.39 is 23.8 Å². The van der Waals surface area contributed by atoms with Gasteiger partial charge in [0, 0.05) is 11.5 Å². The molecule has 6 heteroatoms. The minimum absolute atomic E-state index is 0.0217. The van der Waals surface area contributed by atoms with Crippen LogP contribution in [0.15, 0.2) is 72.8 Å². The van der Waals surface area contributed by atoms with Gasteiger partial charge in [-0.25, -0.2) is 13.6 Å². The smallest absolute Gasteiger partial charge is 0.410 e. The highest BCUT2D eigenvalue weighted by Crippen LogP contribution is 2.44. The van der Waals surface area contributed by atoms with E-state index in [-0.39, 0.29) is 30.7 Å². The molecule has 1 amide bonds. The molecule has 0 saturated carbocycles. The van der Waals surface area contributed by atoms with Crippen molar-refractivity contribution in [1.29, 1.82) is 0 Å². The highest BCUT2D eigenvalue weighted by Gasteiger charge is 2.40. The van der Waals surface area contributed by atoms with Crippen molar-refractivity contribution < 1.29 is 23.0 Å². The fourth-order valence-corrected chi connectivity index (χ4v) is 5.54. The molecule has 2 aliphatic heterocycles. The predicted octanol–water partition coefficient (Wildman–Crippen LogP) is 5.77. The van der Waals surface area contributed by atoms with Crippen LogP contribution in [0.2, 0.25) is 0 Å². The Morgan fingerprint density at radius 3 is 2.21 bits per heavy atom. The van der Waals surface area contributed by atoms with Gasteiger partial charge in [0.25, 0.3) is 0 Å². The molecule has 2 heterocycles. The van der Waals surface area contributed by atoms with E-state index >= 15 is 0 Å². The van der Waals surface area contributed by atoms with Crippen LogP contribution in [0.25, 0.3) is 16.7 Å². The lowest BCUT2D eigenvalue weighted by Gasteiger charge is -2.44. The van der Waals surface area contributed by atoms with E-state index in [0.717, 1.165) is 11.1 Å². The second kappa shape index (κ2) is 8.37. The van der Waals surface area contributed by atoms with E-state index in [1.165, 1.54) is 29.3 Å². The van der Waals surface area contributed by atoms with E-state index in [4.69, 9.17) is 9.47 Å². The first-order chi connectivity index (χ1) is 16.6. The molecule has 1 fully saturated rings. The fraction of sp³-hybridized carbons (Fsp3) is 0.250. The number of ether oxygens (including phenoxy) is 2. The van der Waals surface area contributed by atoms with Gasteiger partial charge in [0.1, 0.15) is 18.2 Å². The summed E-state index contributed by atoms with van der Waals surface area (Å²) in [6.45, 7) is 0.788. The number of hydrogen-bond acceptors (Lipinski definition) is 3. The largest absolute Gasteiger partial charge is 0.448 e. The summed E-state index contributed by atoms with van der Waals surface area (Å²) in [7, 11) is 0. The van der Waals surface area contributed by atoms with E-state index in [9.17, 15) is 13.6 Å². The highest BCUT2D eigenvalue weighted by atomic mass is 19.1. The number of amides is 1. The Balaban J connectivity index is 1.24. The number of carbonyl (C=O) groups excluding carboxylic acids is 1. The van der Waals surface area contributed by atoms with Crippen molar-refractivity contribution in [3.8, 4) is 11.1 Å². The first kappa shape index (κ1) is 21.1. The number of carbonyl (C=O) groups is 1. The topological polar surface area (TPSA) is 38.8 Å². The van der Waals surface area contributed by atoms with Crippen LogP contribution >= 0.6 is 0 Å². The van der Waals surface area contributed by atoms with E-state index in [0.29, 0.717) is 18.6 Å². The Hall–Kier alpha value is -3.51. The first-order valence-corrected chi connectivity index (χ1v) is 11.5. The summed E-state index contributed by atoms with van der Waals surface area (Å²) >= 11 is 0. The van der Waals surface area contributed by atoms with Crippen molar-refractivity contribution in [3.63, 3.8) is 0 Å². The summed E-state index contributed by atoms with van der Waals surface area (Å²) in [5.74, 6) is -1.23. The third-order valence-corrected chi connectivity index (χ3v) is 7.03. The summed E-state index contributed by atoms with van der Waals surface area (Å²) in [6.07, 6.45) is 1.61. The molecule has 2 atom stereocenters. The Morgan fingerprint density at radius 1 is 0.912 bits per heavy atom. The molecular formula is C28H23F2NO3.